The van der Waals surface area contributed by atoms with Gasteiger partial charge in [-0.2, -0.15) is 0 Å². The van der Waals surface area contributed by atoms with Crippen LogP contribution in [0.15, 0.2) is 54.7 Å². The van der Waals surface area contributed by atoms with E-state index >= 15 is 0 Å². The summed E-state index contributed by atoms with van der Waals surface area (Å²) >= 11 is 5.83. The summed E-state index contributed by atoms with van der Waals surface area (Å²) in [5.41, 5.74) is 1.62. The largest absolute Gasteiger partial charge is 0.484 e. The second kappa shape index (κ2) is 9.47. The van der Waals surface area contributed by atoms with Gasteiger partial charge < -0.3 is 19.5 Å². The molecule has 2 aromatic carbocycles. The van der Waals surface area contributed by atoms with E-state index in [0.29, 0.717) is 36.1 Å². The van der Waals surface area contributed by atoms with Crippen molar-refractivity contribution in [3.05, 3.63) is 59.8 Å². The third kappa shape index (κ3) is 5.29. The fourth-order valence-electron chi connectivity index (χ4n) is 3.11. The van der Waals surface area contributed by atoms with Gasteiger partial charge in [-0.1, -0.05) is 11.6 Å². The molecule has 0 fully saturated rings. The number of fused-ring (bicyclic) bond motifs is 1. The Balaban J connectivity index is 1.62. The highest BCUT2D eigenvalue weighted by Gasteiger charge is 2.12. The molecule has 0 saturated heterocycles. The van der Waals surface area contributed by atoms with Crippen LogP contribution in [0, 0.1) is 0 Å². The molecule has 0 aliphatic rings. The molecule has 0 bridgehead atoms. The average Bonchev–Trinajstić information content (AvgIpc) is 3.10. The van der Waals surface area contributed by atoms with E-state index < -0.39 is 0 Å². The van der Waals surface area contributed by atoms with E-state index in [1.165, 1.54) is 0 Å². The Bertz CT molecular complexity index is 994. The van der Waals surface area contributed by atoms with Crippen LogP contribution in [0.2, 0.25) is 5.02 Å². The minimum absolute atomic E-state index is 0.0872. The lowest BCUT2D eigenvalue weighted by Gasteiger charge is -2.19. The van der Waals surface area contributed by atoms with Crippen molar-refractivity contribution in [2.45, 2.75) is 20.4 Å². The van der Waals surface area contributed by atoms with Crippen LogP contribution >= 0.6 is 11.6 Å². The number of ether oxygens (including phenoxy) is 1. The molecule has 29 heavy (non-hydrogen) atoms. The fraction of sp³-hybridized carbons (Fsp3) is 0.273. The molecule has 0 radical (unpaired) electrons. The summed E-state index contributed by atoms with van der Waals surface area (Å²) in [5, 5.41) is 4.39. The number of aromatic nitrogens is 1. The molecule has 1 heterocycles. The summed E-state index contributed by atoms with van der Waals surface area (Å²) in [6.45, 7) is 5.54. The lowest BCUT2D eigenvalue weighted by Crippen LogP contribution is -2.33. The van der Waals surface area contributed by atoms with Gasteiger partial charge in [-0.3, -0.25) is 9.59 Å². The number of rotatable bonds is 8. The second-order valence-corrected chi connectivity index (χ2v) is 7.01. The lowest BCUT2D eigenvalue weighted by atomic mass is 10.2. The zero-order valence-corrected chi connectivity index (χ0v) is 17.3. The van der Waals surface area contributed by atoms with Crippen molar-refractivity contribution in [1.29, 1.82) is 0 Å². The Morgan fingerprint density at radius 3 is 2.48 bits per heavy atom. The predicted octanol–water partition coefficient (Wildman–Crippen LogP) is 4.18. The molecule has 0 aliphatic heterocycles. The number of anilines is 1. The zero-order valence-electron chi connectivity index (χ0n) is 16.5. The maximum atomic E-state index is 12.4. The summed E-state index contributed by atoms with van der Waals surface area (Å²) in [6.07, 6.45) is 1.89. The van der Waals surface area contributed by atoms with Crippen molar-refractivity contribution in [2.24, 2.45) is 0 Å². The number of hydrogen-bond donors (Lipinski definition) is 1. The van der Waals surface area contributed by atoms with E-state index in [9.17, 15) is 9.59 Å². The first-order valence-electron chi connectivity index (χ1n) is 9.55. The van der Waals surface area contributed by atoms with Crippen molar-refractivity contribution < 1.29 is 14.3 Å². The summed E-state index contributed by atoms with van der Waals surface area (Å²) in [6, 6.07) is 14.4. The molecular formula is C22H24ClN3O3. The Labute approximate surface area is 175 Å². The standard InChI is InChI=1S/C22H24ClN3O3/c1-3-25(4-2)22(28)14-26-12-11-16-13-18(7-10-20(16)26)24-21(27)15-29-19-8-5-17(23)6-9-19/h5-13H,3-4,14-15H2,1-2H3,(H,24,27). The molecule has 6 nitrogen and oxygen atoms in total. The van der Waals surface area contributed by atoms with Gasteiger partial charge in [0.1, 0.15) is 12.3 Å². The van der Waals surface area contributed by atoms with Crippen LogP contribution in [0.1, 0.15) is 13.8 Å². The molecule has 0 atom stereocenters. The van der Waals surface area contributed by atoms with E-state index in [4.69, 9.17) is 16.3 Å². The molecule has 3 aromatic rings. The van der Waals surface area contributed by atoms with Crippen LogP contribution in [0.4, 0.5) is 5.69 Å². The highest BCUT2D eigenvalue weighted by molar-refractivity contribution is 6.30. The van der Waals surface area contributed by atoms with E-state index in [2.05, 4.69) is 5.32 Å². The Morgan fingerprint density at radius 2 is 1.79 bits per heavy atom. The summed E-state index contributed by atoms with van der Waals surface area (Å²) < 4.78 is 7.38. The second-order valence-electron chi connectivity index (χ2n) is 6.57. The van der Waals surface area contributed by atoms with Gasteiger partial charge >= 0.3 is 0 Å². The number of nitrogens with one attached hydrogen (secondary N) is 1. The zero-order chi connectivity index (χ0) is 20.8. The highest BCUT2D eigenvalue weighted by Crippen LogP contribution is 2.21. The minimum Gasteiger partial charge on any atom is -0.484 e. The van der Waals surface area contributed by atoms with E-state index in [0.717, 1.165) is 10.9 Å². The normalized spacial score (nSPS) is 10.7. The van der Waals surface area contributed by atoms with Gasteiger partial charge in [0.05, 0.1) is 0 Å². The number of benzene rings is 2. The van der Waals surface area contributed by atoms with Gasteiger partial charge in [0, 0.05) is 40.9 Å². The van der Waals surface area contributed by atoms with Gasteiger partial charge in [-0.05, 0) is 62.4 Å². The molecule has 1 aromatic heterocycles. The summed E-state index contributed by atoms with van der Waals surface area (Å²) in [5.74, 6) is 0.412. The topological polar surface area (TPSA) is 63.6 Å². The first-order valence-corrected chi connectivity index (χ1v) is 9.92. The maximum Gasteiger partial charge on any atom is 0.262 e. The number of likely N-dealkylation sites (N-methyl/N-ethyl adjacent to an activating group) is 1. The van der Waals surface area contributed by atoms with Gasteiger partial charge in [0.2, 0.25) is 5.91 Å². The first kappa shape index (κ1) is 20.7. The number of carbonyl (C=O) groups is 2. The number of carbonyl (C=O) groups excluding carboxylic acids is 2. The fourth-order valence-corrected chi connectivity index (χ4v) is 3.24. The van der Waals surface area contributed by atoms with Crippen LogP contribution in [-0.2, 0) is 16.1 Å². The number of amides is 2. The quantitative estimate of drug-likeness (QED) is 0.602. The van der Waals surface area contributed by atoms with Gasteiger partial charge in [0.15, 0.2) is 6.61 Å². The molecule has 2 amide bonds. The van der Waals surface area contributed by atoms with Crippen molar-refractivity contribution >= 4 is 40.0 Å². The van der Waals surface area contributed by atoms with Gasteiger partial charge in [0.25, 0.3) is 5.91 Å². The molecule has 0 aliphatic carbocycles. The molecule has 1 N–H and O–H groups in total. The van der Waals surface area contributed by atoms with Crippen LogP contribution in [0.25, 0.3) is 10.9 Å². The van der Waals surface area contributed by atoms with E-state index in [1.54, 1.807) is 29.2 Å². The summed E-state index contributed by atoms with van der Waals surface area (Å²) in [4.78, 5) is 26.3. The van der Waals surface area contributed by atoms with Crippen LogP contribution in [0.5, 0.6) is 5.75 Å². The predicted molar refractivity (Wildman–Crippen MR) is 115 cm³/mol. The smallest absolute Gasteiger partial charge is 0.262 e. The first-order chi connectivity index (χ1) is 14.0. The summed E-state index contributed by atoms with van der Waals surface area (Å²) in [7, 11) is 0. The molecule has 0 spiro atoms. The Hall–Kier alpha value is -2.99. The van der Waals surface area contributed by atoms with Crippen molar-refractivity contribution in [2.75, 3.05) is 25.0 Å². The minimum atomic E-state index is -0.254. The molecule has 7 heteroatoms. The number of hydrogen-bond acceptors (Lipinski definition) is 3. The molecule has 0 unspecified atom stereocenters. The Morgan fingerprint density at radius 1 is 1.07 bits per heavy atom. The van der Waals surface area contributed by atoms with Gasteiger partial charge in [-0.25, -0.2) is 0 Å². The highest BCUT2D eigenvalue weighted by atomic mass is 35.5. The molecule has 152 valence electrons. The monoisotopic (exact) mass is 413 g/mol. The van der Waals surface area contributed by atoms with Gasteiger partial charge in [-0.15, -0.1) is 0 Å². The molecule has 0 saturated carbocycles. The van der Waals surface area contributed by atoms with E-state index in [1.807, 2.05) is 48.9 Å². The Kier molecular flexibility index (Phi) is 6.77. The third-order valence-corrected chi connectivity index (χ3v) is 4.91. The van der Waals surface area contributed by atoms with Crippen molar-refractivity contribution in [3.63, 3.8) is 0 Å². The maximum absolute atomic E-state index is 12.4. The van der Waals surface area contributed by atoms with Crippen LogP contribution in [-0.4, -0.2) is 41.0 Å². The SMILES string of the molecule is CCN(CC)C(=O)Cn1ccc2cc(NC(=O)COc3ccc(Cl)cc3)ccc21. The lowest BCUT2D eigenvalue weighted by molar-refractivity contribution is -0.131. The van der Waals surface area contributed by atoms with E-state index in [-0.39, 0.29) is 18.4 Å². The molecular weight excluding hydrogens is 390 g/mol. The van der Waals surface area contributed by atoms with Crippen LogP contribution < -0.4 is 10.1 Å². The third-order valence-electron chi connectivity index (χ3n) is 4.66. The molecule has 3 rings (SSSR count). The number of nitrogens with zero attached hydrogens (tertiary/aromatic N) is 2. The number of halogens is 1. The average molecular weight is 414 g/mol. The van der Waals surface area contributed by atoms with Crippen LogP contribution in [0.3, 0.4) is 0 Å². The van der Waals surface area contributed by atoms with Crippen molar-refractivity contribution in [3.8, 4) is 5.75 Å². The van der Waals surface area contributed by atoms with Crippen molar-refractivity contribution in [1.82, 2.24) is 9.47 Å².